The van der Waals surface area contributed by atoms with Gasteiger partial charge in [-0.05, 0) is 45.0 Å². The molecule has 1 amide bonds. The number of amides is 1. The SMILES string of the molecule is CC(C)(C)NCCC(=O)Nc1ccc(F)cc1. The average Bonchev–Trinajstić information content (AvgIpc) is 2.19. The van der Waals surface area contributed by atoms with Crippen LogP contribution in [0.15, 0.2) is 24.3 Å². The molecule has 1 aromatic rings. The molecule has 0 aliphatic rings. The Bertz CT molecular complexity index is 368. The second kappa shape index (κ2) is 5.77. The van der Waals surface area contributed by atoms with Crippen molar-refractivity contribution in [2.24, 2.45) is 0 Å². The summed E-state index contributed by atoms with van der Waals surface area (Å²) in [4.78, 5) is 11.5. The van der Waals surface area contributed by atoms with E-state index < -0.39 is 0 Å². The Hall–Kier alpha value is -1.42. The number of nitrogens with one attached hydrogen (secondary N) is 2. The Labute approximate surface area is 101 Å². The van der Waals surface area contributed by atoms with Crippen LogP contribution in [-0.2, 0) is 4.79 Å². The Morgan fingerprint density at radius 3 is 2.35 bits per heavy atom. The number of carbonyl (C=O) groups excluding carboxylic acids is 1. The molecule has 0 aromatic heterocycles. The number of carbonyl (C=O) groups is 1. The second-order valence-electron chi connectivity index (χ2n) is 4.98. The van der Waals surface area contributed by atoms with Gasteiger partial charge in [-0.3, -0.25) is 4.79 Å². The third-order valence-electron chi connectivity index (χ3n) is 2.14. The summed E-state index contributed by atoms with van der Waals surface area (Å²) in [6.07, 6.45) is 0.397. The van der Waals surface area contributed by atoms with Gasteiger partial charge < -0.3 is 10.6 Å². The highest BCUT2D eigenvalue weighted by molar-refractivity contribution is 5.90. The zero-order valence-corrected chi connectivity index (χ0v) is 10.5. The van der Waals surface area contributed by atoms with Gasteiger partial charge in [-0.15, -0.1) is 0 Å². The minimum Gasteiger partial charge on any atom is -0.326 e. The molecular weight excluding hydrogens is 219 g/mol. The van der Waals surface area contributed by atoms with Gasteiger partial charge in [0, 0.05) is 24.2 Å². The zero-order valence-electron chi connectivity index (χ0n) is 10.5. The summed E-state index contributed by atoms with van der Waals surface area (Å²) < 4.78 is 12.6. The van der Waals surface area contributed by atoms with Gasteiger partial charge in [0.25, 0.3) is 0 Å². The number of hydrogen-bond donors (Lipinski definition) is 2. The van der Waals surface area contributed by atoms with E-state index in [1.54, 1.807) is 12.1 Å². The summed E-state index contributed by atoms with van der Waals surface area (Å²) >= 11 is 0. The van der Waals surface area contributed by atoms with Gasteiger partial charge in [0.1, 0.15) is 5.82 Å². The summed E-state index contributed by atoms with van der Waals surface area (Å²) in [5, 5.41) is 5.94. The van der Waals surface area contributed by atoms with E-state index in [1.165, 1.54) is 12.1 Å². The van der Waals surface area contributed by atoms with E-state index in [2.05, 4.69) is 10.6 Å². The first-order chi connectivity index (χ1) is 7.87. The lowest BCUT2D eigenvalue weighted by Gasteiger charge is -2.20. The molecule has 0 aliphatic carbocycles. The van der Waals surface area contributed by atoms with Gasteiger partial charge in [-0.1, -0.05) is 0 Å². The highest BCUT2D eigenvalue weighted by Crippen LogP contribution is 2.08. The van der Waals surface area contributed by atoms with Crippen LogP contribution in [0, 0.1) is 5.82 Å². The molecule has 0 aliphatic heterocycles. The molecule has 0 radical (unpaired) electrons. The van der Waals surface area contributed by atoms with Crippen LogP contribution in [0.25, 0.3) is 0 Å². The lowest BCUT2D eigenvalue weighted by molar-refractivity contribution is -0.116. The van der Waals surface area contributed by atoms with Crippen molar-refractivity contribution >= 4 is 11.6 Å². The van der Waals surface area contributed by atoms with Crippen LogP contribution in [0.4, 0.5) is 10.1 Å². The van der Waals surface area contributed by atoms with Gasteiger partial charge in [-0.25, -0.2) is 4.39 Å². The van der Waals surface area contributed by atoms with Crippen molar-refractivity contribution in [3.63, 3.8) is 0 Å². The lowest BCUT2D eigenvalue weighted by atomic mass is 10.1. The molecule has 1 aromatic carbocycles. The fourth-order valence-corrected chi connectivity index (χ4v) is 1.31. The predicted molar refractivity (Wildman–Crippen MR) is 67.4 cm³/mol. The van der Waals surface area contributed by atoms with Crippen LogP contribution < -0.4 is 10.6 Å². The summed E-state index contributed by atoms with van der Waals surface area (Å²) in [7, 11) is 0. The molecule has 0 heterocycles. The normalized spacial score (nSPS) is 11.3. The van der Waals surface area contributed by atoms with Gasteiger partial charge in [0.15, 0.2) is 0 Å². The smallest absolute Gasteiger partial charge is 0.225 e. The third kappa shape index (κ3) is 6.02. The molecule has 0 saturated carbocycles. The quantitative estimate of drug-likeness (QED) is 0.846. The molecule has 0 spiro atoms. The monoisotopic (exact) mass is 238 g/mol. The lowest BCUT2D eigenvalue weighted by Crippen LogP contribution is -2.37. The highest BCUT2D eigenvalue weighted by atomic mass is 19.1. The number of anilines is 1. The molecule has 0 bridgehead atoms. The largest absolute Gasteiger partial charge is 0.326 e. The molecule has 0 unspecified atom stereocenters. The van der Waals surface area contributed by atoms with E-state index in [1.807, 2.05) is 20.8 Å². The average molecular weight is 238 g/mol. The molecule has 0 saturated heterocycles. The first-order valence-corrected chi connectivity index (χ1v) is 5.67. The third-order valence-corrected chi connectivity index (χ3v) is 2.14. The van der Waals surface area contributed by atoms with Crippen LogP contribution >= 0.6 is 0 Å². The Morgan fingerprint density at radius 2 is 1.82 bits per heavy atom. The van der Waals surface area contributed by atoms with Crippen molar-refractivity contribution in [3.05, 3.63) is 30.1 Å². The maximum Gasteiger partial charge on any atom is 0.225 e. The summed E-state index contributed by atoms with van der Waals surface area (Å²) in [5.74, 6) is -0.384. The van der Waals surface area contributed by atoms with Crippen LogP contribution in [0.3, 0.4) is 0 Å². The van der Waals surface area contributed by atoms with Crippen molar-refractivity contribution in [2.75, 3.05) is 11.9 Å². The van der Waals surface area contributed by atoms with Gasteiger partial charge >= 0.3 is 0 Å². The Morgan fingerprint density at radius 1 is 1.24 bits per heavy atom. The number of hydrogen-bond acceptors (Lipinski definition) is 2. The topological polar surface area (TPSA) is 41.1 Å². The van der Waals surface area contributed by atoms with Crippen molar-refractivity contribution in [1.82, 2.24) is 5.32 Å². The molecule has 3 nitrogen and oxygen atoms in total. The Kier molecular flexibility index (Phi) is 4.63. The molecule has 4 heteroatoms. The molecular formula is C13H19FN2O. The molecule has 1 rings (SSSR count). The summed E-state index contributed by atoms with van der Waals surface area (Å²) in [6.45, 7) is 6.76. The van der Waals surface area contributed by atoms with E-state index >= 15 is 0 Å². The summed E-state index contributed by atoms with van der Waals surface area (Å²) in [6, 6.07) is 5.74. The molecule has 2 N–H and O–H groups in total. The maximum atomic E-state index is 12.6. The van der Waals surface area contributed by atoms with Gasteiger partial charge in [-0.2, -0.15) is 0 Å². The number of rotatable bonds is 4. The minimum absolute atomic E-state index is 0.0101. The van der Waals surface area contributed by atoms with Crippen LogP contribution in [0.5, 0.6) is 0 Å². The molecule has 0 fully saturated rings. The van der Waals surface area contributed by atoms with E-state index in [0.29, 0.717) is 18.7 Å². The molecule has 94 valence electrons. The fourth-order valence-electron chi connectivity index (χ4n) is 1.31. The van der Waals surface area contributed by atoms with Gasteiger partial charge in [0.05, 0.1) is 0 Å². The number of benzene rings is 1. The first kappa shape index (κ1) is 13.6. The van der Waals surface area contributed by atoms with Gasteiger partial charge in [0.2, 0.25) is 5.91 Å². The highest BCUT2D eigenvalue weighted by Gasteiger charge is 2.09. The Balaban J connectivity index is 2.32. The fraction of sp³-hybridized carbons (Fsp3) is 0.462. The van der Waals surface area contributed by atoms with Crippen molar-refractivity contribution < 1.29 is 9.18 Å². The van der Waals surface area contributed by atoms with Crippen LogP contribution in [0.1, 0.15) is 27.2 Å². The molecule has 17 heavy (non-hydrogen) atoms. The van der Waals surface area contributed by atoms with Crippen LogP contribution in [-0.4, -0.2) is 18.0 Å². The standard InChI is InChI=1S/C13H19FN2O/c1-13(2,3)15-9-8-12(17)16-11-6-4-10(14)5-7-11/h4-7,15H,8-9H2,1-3H3,(H,16,17). The number of halogens is 1. The maximum absolute atomic E-state index is 12.6. The minimum atomic E-state index is -0.308. The molecule has 0 atom stereocenters. The van der Waals surface area contributed by atoms with Crippen LogP contribution in [0.2, 0.25) is 0 Å². The van der Waals surface area contributed by atoms with Crippen molar-refractivity contribution in [3.8, 4) is 0 Å². The summed E-state index contributed by atoms with van der Waals surface area (Å²) in [5.41, 5.74) is 0.628. The van der Waals surface area contributed by atoms with E-state index in [0.717, 1.165) is 0 Å². The van der Waals surface area contributed by atoms with E-state index in [4.69, 9.17) is 0 Å². The van der Waals surface area contributed by atoms with E-state index in [9.17, 15) is 9.18 Å². The van der Waals surface area contributed by atoms with Crippen molar-refractivity contribution in [2.45, 2.75) is 32.7 Å². The first-order valence-electron chi connectivity index (χ1n) is 5.67. The van der Waals surface area contributed by atoms with E-state index in [-0.39, 0.29) is 17.3 Å². The van der Waals surface area contributed by atoms with Crippen molar-refractivity contribution in [1.29, 1.82) is 0 Å². The zero-order chi connectivity index (χ0) is 12.9. The predicted octanol–water partition coefficient (Wildman–Crippen LogP) is 2.54. The second-order valence-corrected chi connectivity index (χ2v) is 4.98.